The Kier molecular flexibility index (Phi) is 7.30. The Morgan fingerprint density at radius 1 is 1.14 bits per heavy atom. The van der Waals surface area contributed by atoms with Crippen LogP contribution in [0.1, 0.15) is 45.6 Å². The second-order valence-electron chi connectivity index (χ2n) is 5.56. The summed E-state index contributed by atoms with van der Waals surface area (Å²) in [6, 6.07) is 7.85. The van der Waals surface area contributed by atoms with Gasteiger partial charge in [0.1, 0.15) is 0 Å². The van der Waals surface area contributed by atoms with Gasteiger partial charge in [0.2, 0.25) is 5.91 Å². The molecular formula is C18H26N2O. The quantitative estimate of drug-likeness (QED) is 0.571. The number of rotatable bonds is 7. The molecule has 0 saturated carbocycles. The van der Waals surface area contributed by atoms with Gasteiger partial charge in [-0.25, -0.2) is 0 Å². The molecule has 1 amide bonds. The Bertz CT molecular complexity index is 526. The molecule has 0 aliphatic rings. The van der Waals surface area contributed by atoms with Crippen LogP contribution < -0.4 is 10.9 Å². The highest BCUT2D eigenvalue weighted by Gasteiger charge is 2.00. The summed E-state index contributed by atoms with van der Waals surface area (Å²) in [7, 11) is 0. The lowest BCUT2D eigenvalue weighted by Gasteiger charge is -2.10. The normalized spacial score (nSPS) is 11.0. The minimum atomic E-state index is -0.0279. The molecule has 3 nitrogen and oxygen atoms in total. The van der Waals surface area contributed by atoms with Crippen molar-refractivity contribution in [3.05, 3.63) is 53.1 Å². The zero-order chi connectivity index (χ0) is 15.7. The molecule has 2 N–H and O–H groups in total. The largest absolute Gasteiger partial charge is 0.298 e. The van der Waals surface area contributed by atoms with Crippen molar-refractivity contribution in [1.82, 2.24) is 5.43 Å². The molecule has 0 saturated heterocycles. The summed E-state index contributed by atoms with van der Waals surface area (Å²) in [5, 5.41) is 0. The van der Waals surface area contributed by atoms with Gasteiger partial charge in [-0.3, -0.25) is 15.6 Å². The highest BCUT2D eigenvalue weighted by atomic mass is 16.2. The first-order chi connectivity index (χ1) is 9.99. The van der Waals surface area contributed by atoms with Crippen LogP contribution in [0.5, 0.6) is 0 Å². The molecule has 0 spiro atoms. The molecule has 0 heterocycles. The third-order valence-electron chi connectivity index (χ3n) is 3.21. The van der Waals surface area contributed by atoms with Crippen molar-refractivity contribution in [3.63, 3.8) is 0 Å². The minimum absolute atomic E-state index is 0.0279. The first-order valence-electron chi connectivity index (χ1n) is 7.38. The smallest absolute Gasteiger partial charge is 0.242 e. The van der Waals surface area contributed by atoms with Crippen LogP contribution in [-0.4, -0.2) is 5.91 Å². The van der Waals surface area contributed by atoms with Crippen LogP contribution in [0.2, 0.25) is 0 Å². The molecule has 21 heavy (non-hydrogen) atoms. The molecule has 0 radical (unpaired) electrons. The van der Waals surface area contributed by atoms with E-state index in [-0.39, 0.29) is 5.91 Å². The van der Waals surface area contributed by atoms with Crippen molar-refractivity contribution in [1.29, 1.82) is 0 Å². The van der Waals surface area contributed by atoms with Crippen molar-refractivity contribution in [3.8, 4) is 0 Å². The number of benzene rings is 1. The van der Waals surface area contributed by atoms with Crippen LogP contribution in [0, 0.1) is 6.92 Å². The van der Waals surface area contributed by atoms with Crippen LogP contribution >= 0.6 is 0 Å². The molecule has 114 valence electrons. The standard InChI is InChI=1S/C18H26N2O/c1-14(2)8-7-9-15(3)12-13-18(21)20-19-17-11-6-5-10-16(17)4/h5-6,8,10-12,19H,7,9,13H2,1-4H3,(H,20,21)/b15-12-. The topological polar surface area (TPSA) is 41.1 Å². The van der Waals surface area contributed by atoms with Gasteiger partial charge in [-0.05, 0) is 52.2 Å². The average Bonchev–Trinajstić information content (AvgIpc) is 2.44. The lowest BCUT2D eigenvalue weighted by atomic mass is 10.1. The van der Waals surface area contributed by atoms with Crippen LogP contribution in [0.3, 0.4) is 0 Å². The van der Waals surface area contributed by atoms with Crippen molar-refractivity contribution in [2.45, 2.75) is 47.0 Å². The van der Waals surface area contributed by atoms with E-state index in [4.69, 9.17) is 0 Å². The average molecular weight is 286 g/mol. The maximum Gasteiger partial charge on any atom is 0.242 e. The van der Waals surface area contributed by atoms with E-state index in [1.807, 2.05) is 37.3 Å². The number of aryl methyl sites for hydroxylation is 1. The number of hydrogen-bond acceptors (Lipinski definition) is 2. The van der Waals surface area contributed by atoms with Gasteiger partial charge in [0.05, 0.1) is 5.69 Å². The summed E-state index contributed by atoms with van der Waals surface area (Å²) in [6.07, 6.45) is 6.65. The molecule has 1 rings (SSSR count). The molecule has 1 aromatic carbocycles. The van der Waals surface area contributed by atoms with Gasteiger partial charge in [-0.1, -0.05) is 41.5 Å². The zero-order valence-corrected chi connectivity index (χ0v) is 13.5. The summed E-state index contributed by atoms with van der Waals surface area (Å²) >= 11 is 0. The monoisotopic (exact) mass is 286 g/mol. The Balaban J connectivity index is 2.33. The molecule has 0 atom stereocenters. The zero-order valence-electron chi connectivity index (χ0n) is 13.5. The van der Waals surface area contributed by atoms with Crippen molar-refractivity contribution in [2.24, 2.45) is 0 Å². The number of anilines is 1. The van der Waals surface area contributed by atoms with E-state index in [1.54, 1.807) is 0 Å². The third-order valence-corrected chi connectivity index (χ3v) is 3.21. The molecule has 0 aliphatic heterocycles. The Hall–Kier alpha value is -2.03. The fourth-order valence-corrected chi connectivity index (χ4v) is 1.86. The number of hydrazine groups is 1. The highest BCUT2D eigenvalue weighted by molar-refractivity contribution is 5.79. The van der Waals surface area contributed by atoms with Gasteiger partial charge in [-0.2, -0.15) is 0 Å². The van der Waals surface area contributed by atoms with E-state index >= 15 is 0 Å². The van der Waals surface area contributed by atoms with E-state index in [9.17, 15) is 4.79 Å². The van der Waals surface area contributed by atoms with Gasteiger partial charge < -0.3 is 0 Å². The highest BCUT2D eigenvalue weighted by Crippen LogP contribution is 2.11. The fraction of sp³-hybridized carbons (Fsp3) is 0.389. The summed E-state index contributed by atoms with van der Waals surface area (Å²) in [6.45, 7) is 8.27. The van der Waals surface area contributed by atoms with Gasteiger partial charge in [0.15, 0.2) is 0 Å². The second-order valence-corrected chi connectivity index (χ2v) is 5.56. The Morgan fingerprint density at radius 2 is 1.86 bits per heavy atom. The van der Waals surface area contributed by atoms with Gasteiger partial charge in [0.25, 0.3) is 0 Å². The Labute approximate surface area is 128 Å². The van der Waals surface area contributed by atoms with Crippen molar-refractivity contribution >= 4 is 11.6 Å². The van der Waals surface area contributed by atoms with Crippen molar-refractivity contribution in [2.75, 3.05) is 5.43 Å². The molecule has 0 fully saturated rings. The number of amides is 1. The molecule has 0 bridgehead atoms. The van der Waals surface area contributed by atoms with Crippen molar-refractivity contribution < 1.29 is 4.79 Å². The second kappa shape index (κ2) is 9.01. The number of allylic oxidation sites excluding steroid dienone is 3. The number of carbonyl (C=O) groups is 1. The van der Waals surface area contributed by atoms with Gasteiger partial charge >= 0.3 is 0 Å². The summed E-state index contributed by atoms with van der Waals surface area (Å²) in [5.41, 5.74) is 10.3. The number of nitrogens with one attached hydrogen (secondary N) is 2. The number of carbonyl (C=O) groups excluding carboxylic acids is 1. The molecular weight excluding hydrogens is 260 g/mol. The van der Waals surface area contributed by atoms with Crippen LogP contribution in [0.4, 0.5) is 5.69 Å². The van der Waals surface area contributed by atoms with E-state index in [0.717, 1.165) is 24.1 Å². The van der Waals surface area contributed by atoms with E-state index in [2.05, 4.69) is 37.7 Å². The molecule has 0 unspecified atom stereocenters. The Morgan fingerprint density at radius 3 is 2.52 bits per heavy atom. The van der Waals surface area contributed by atoms with E-state index in [1.165, 1.54) is 11.1 Å². The van der Waals surface area contributed by atoms with E-state index < -0.39 is 0 Å². The lowest BCUT2D eigenvalue weighted by Crippen LogP contribution is -2.29. The SMILES string of the molecule is CC(C)=CCC/C(C)=C\CC(=O)NNc1ccccc1C. The fourth-order valence-electron chi connectivity index (χ4n) is 1.86. The lowest BCUT2D eigenvalue weighted by molar-refractivity contribution is -0.119. The summed E-state index contributed by atoms with van der Waals surface area (Å²) in [4.78, 5) is 11.8. The molecule has 0 aliphatic carbocycles. The number of para-hydroxylation sites is 1. The number of hydrogen-bond donors (Lipinski definition) is 2. The van der Waals surface area contributed by atoms with Gasteiger partial charge in [-0.15, -0.1) is 0 Å². The summed E-state index contributed by atoms with van der Waals surface area (Å²) < 4.78 is 0. The first-order valence-corrected chi connectivity index (χ1v) is 7.38. The first kappa shape index (κ1) is 17.0. The van der Waals surface area contributed by atoms with Crippen LogP contribution in [-0.2, 0) is 4.79 Å². The molecule has 3 heteroatoms. The third kappa shape index (κ3) is 7.35. The summed E-state index contributed by atoms with van der Waals surface area (Å²) in [5.74, 6) is -0.0279. The van der Waals surface area contributed by atoms with Crippen LogP contribution in [0.15, 0.2) is 47.6 Å². The molecule has 0 aromatic heterocycles. The van der Waals surface area contributed by atoms with E-state index in [0.29, 0.717) is 6.42 Å². The van der Waals surface area contributed by atoms with Gasteiger partial charge in [0, 0.05) is 6.42 Å². The maximum atomic E-state index is 11.8. The predicted octanol–water partition coefficient (Wildman–Crippen LogP) is 4.52. The predicted molar refractivity (Wildman–Crippen MR) is 90.0 cm³/mol. The molecule has 1 aromatic rings. The maximum absolute atomic E-state index is 11.8. The minimum Gasteiger partial charge on any atom is -0.298 e. The van der Waals surface area contributed by atoms with Crippen LogP contribution in [0.25, 0.3) is 0 Å².